The van der Waals surface area contributed by atoms with Gasteiger partial charge in [0.1, 0.15) is 0 Å². The first-order valence-electron chi connectivity index (χ1n) is 8.63. The van der Waals surface area contributed by atoms with E-state index in [1.165, 1.54) is 16.8 Å². The molecule has 2 aromatic carbocycles. The summed E-state index contributed by atoms with van der Waals surface area (Å²) < 4.78 is 0. The maximum absolute atomic E-state index is 12.3. The Balaban J connectivity index is 1.95. The summed E-state index contributed by atoms with van der Waals surface area (Å²) in [5, 5.41) is 3.31. The SMILES string of the molecule is Cc1ccc(C(=O)CNCC(c2ccc(N(C)C)cc2)N(C)C)cc1. The van der Waals surface area contributed by atoms with Gasteiger partial charge in [0, 0.05) is 37.9 Å². The maximum atomic E-state index is 12.3. The number of nitrogens with one attached hydrogen (secondary N) is 1. The predicted octanol–water partition coefficient (Wildman–Crippen LogP) is 3.14. The Kier molecular flexibility index (Phi) is 6.73. The highest BCUT2D eigenvalue weighted by atomic mass is 16.1. The molecule has 0 bridgehead atoms. The molecular formula is C21H29N3O. The molecule has 0 spiro atoms. The lowest BCUT2D eigenvalue weighted by Gasteiger charge is -2.25. The standard InChI is InChI=1S/C21H29N3O/c1-16-6-8-18(9-7-16)21(25)15-22-14-20(24(4)5)17-10-12-19(13-11-17)23(2)3/h6-13,20,22H,14-15H2,1-5H3. The smallest absolute Gasteiger partial charge is 0.176 e. The minimum atomic E-state index is 0.125. The molecule has 0 aliphatic rings. The Morgan fingerprint density at radius 1 is 0.960 bits per heavy atom. The summed E-state index contributed by atoms with van der Waals surface area (Å²) in [4.78, 5) is 16.5. The zero-order valence-corrected chi connectivity index (χ0v) is 15.9. The molecule has 0 fully saturated rings. The molecular weight excluding hydrogens is 310 g/mol. The number of hydrogen-bond donors (Lipinski definition) is 1. The Bertz CT molecular complexity index is 675. The third kappa shape index (κ3) is 5.41. The average Bonchev–Trinajstić information content (AvgIpc) is 2.59. The van der Waals surface area contributed by atoms with Crippen molar-refractivity contribution in [3.8, 4) is 0 Å². The van der Waals surface area contributed by atoms with Crippen LogP contribution in [0.4, 0.5) is 5.69 Å². The first-order valence-corrected chi connectivity index (χ1v) is 8.63. The van der Waals surface area contributed by atoms with Crippen LogP contribution in [0.2, 0.25) is 0 Å². The molecule has 25 heavy (non-hydrogen) atoms. The molecule has 4 heteroatoms. The van der Waals surface area contributed by atoms with Crippen molar-refractivity contribution >= 4 is 11.5 Å². The molecule has 1 atom stereocenters. The largest absolute Gasteiger partial charge is 0.378 e. The van der Waals surface area contributed by atoms with Crippen LogP contribution in [-0.2, 0) is 0 Å². The second kappa shape index (κ2) is 8.79. The van der Waals surface area contributed by atoms with Crippen molar-refractivity contribution in [2.45, 2.75) is 13.0 Å². The van der Waals surface area contributed by atoms with Gasteiger partial charge in [-0.2, -0.15) is 0 Å². The summed E-state index contributed by atoms with van der Waals surface area (Å²) in [5.74, 6) is 0.125. The van der Waals surface area contributed by atoms with Crippen molar-refractivity contribution in [1.82, 2.24) is 10.2 Å². The van der Waals surface area contributed by atoms with Gasteiger partial charge < -0.3 is 15.1 Å². The van der Waals surface area contributed by atoms with Crippen molar-refractivity contribution in [3.05, 3.63) is 65.2 Å². The van der Waals surface area contributed by atoms with Gasteiger partial charge in [0.25, 0.3) is 0 Å². The van der Waals surface area contributed by atoms with E-state index in [0.29, 0.717) is 6.54 Å². The summed E-state index contributed by atoms with van der Waals surface area (Å²) in [6.45, 7) is 3.10. The van der Waals surface area contributed by atoms with Gasteiger partial charge in [-0.3, -0.25) is 4.79 Å². The Morgan fingerprint density at radius 3 is 2.08 bits per heavy atom. The van der Waals surface area contributed by atoms with Gasteiger partial charge in [-0.25, -0.2) is 0 Å². The zero-order valence-electron chi connectivity index (χ0n) is 15.9. The molecule has 0 saturated heterocycles. The van der Waals surface area contributed by atoms with Crippen LogP contribution in [0.5, 0.6) is 0 Å². The lowest BCUT2D eigenvalue weighted by molar-refractivity contribution is 0.0988. The van der Waals surface area contributed by atoms with Gasteiger partial charge in [0.2, 0.25) is 0 Å². The highest BCUT2D eigenvalue weighted by Gasteiger charge is 2.15. The first-order chi connectivity index (χ1) is 11.9. The molecule has 1 N–H and O–H groups in total. The Labute approximate surface area is 151 Å². The Hall–Kier alpha value is -2.17. The van der Waals surface area contributed by atoms with E-state index in [-0.39, 0.29) is 11.8 Å². The fourth-order valence-corrected chi connectivity index (χ4v) is 2.76. The second-order valence-corrected chi connectivity index (χ2v) is 6.89. The number of ketones is 1. The van der Waals surface area contributed by atoms with Crippen LogP contribution >= 0.6 is 0 Å². The van der Waals surface area contributed by atoms with Crippen molar-refractivity contribution in [1.29, 1.82) is 0 Å². The molecule has 0 aromatic heterocycles. The van der Waals surface area contributed by atoms with E-state index in [1.54, 1.807) is 0 Å². The van der Waals surface area contributed by atoms with Gasteiger partial charge in [0.05, 0.1) is 6.54 Å². The van der Waals surface area contributed by atoms with Crippen LogP contribution in [0.25, 0.3) is 0 Å². The van der Waals surface area contributed by atoms with Gasteiger partial charge in [-0.05, 0) is 38.7 Å². The molecule has 2 rings (SSSR count). The van der Waals surface area contributed by atoms with E-state index in [1.807, 2.05) is 45.3 Å². The number of hydrogen-bond acceptors (Lipinski definition) is 4. The Morgan fingerprint density at radius 2 is 1.56 bits per heavy atom. The van der Waals surface area contributed by atoms with E-state index in [9.17, 15) is 4.79 Å². The second-order valence-electron chi connectivity index (χ2n) is 6.89. The highest BCUT2D eigenvalue weighted by molar-refractivity contribution is 5.97. The summed E-state index contributed by atoms with van der Waals surface area (Å²) in [5.41, 5.74) is 4.35. The first kappa shape index (κ1) is 19.2. The molecule has 1 unspecified atom stereocenters. The van der Waals surface area contributed by atoms with Crippen LogP contribution in [0, 0.1) is 6.92 Å². The lowest BCUT2D eigenvalue weighted by Crippen LogP contribution is -2.33. The third-order valence-corrected chi connectivity index (χ3v) is 4.41. The molecule has 134 valence electrons. The number of benzene rings is 2. The van der Waals surface area contributed by atoms with Crippen molar-refractivity contribution in [3.63, 3.8) is 0 Å². The number of carbonyl (C=O) groups is 1. The highest BCUT2D eigenvalue weighted by Crippen LogP contribution is 2.20. The zero-order chi connectivity index (χ0) is 18.4. The summed E-state index contributed by atoms with van der Waals surface area (Å²) in [7, 11) is 8.20. The van der Waals surface area contributed by atoms with Crippen molar-refractivity contribution < 1.29 is 4.79 Å². The number of likely N-dealkylation sites (N-methyl/N-ethyl adjacent to an activating group) is 1. The average molecular weight is 339 g/mol. The topological polar surface area (TPSA) is 35.6 Å². The van der Waals surface area contributed by atoms with Gasteiger partial charge in [-0.15, -0.1) is 0 Å². The number of rotatable bonds is 8. The van der Waals surface area contributed by atoms with E-state index in [4.69, 9.17) is 0 Å². The molecule has 0 amide bonds. The molecule has 0 saturated carbocycles. The maximum Gasteiger partial charge on any atom is 0.176 e. The van der Waals surface area contributed by atoms with E-state index in [0.717, 1.165) is 12.1 Å². The molecule has 4 nitrogen and oxygen atoms in total. The minimum Gasteiger partial charge on any atom is -0.378 e. The number of aryl methyl sites for hydroxylation is 1. The van der Waals surface area contributed by atoms with Crippen molar-refractivity contribution in [2.75, 3.05) is 46.2 Å². The fourth-order valence-electron chi connectivity index (χ4n) is 2.76. The van der Waals surface area contributed by atoms with Gasteiger partial charge >= 0.3 is 0 Å². The normalized spacial score (nSPS) is 12.2. The van der Waals surface area contributed by atoms with Crippen LogP contribution in [0.15, 0.2) is 48.5 Å². The molecule has 0 heterocycles. The quantitative estimate of drug-likeness (QED) is 0.750. The molecule has 0 aliphatic carbocycles. The monoisotopic (exact) mass is 339 g/mol. The van der Waals surface area contributed by atoms with Crippen LogP contribution in [-0.4, -0.2) is 52.0 Å². The number of carbonyl (C=O) groups excluding carboxylic acids is 1. The van der Waals surface area contributed by atoms with E-state index >= 15 is 0 Å². The molecule has 2 aromatic rings. The van der Waals surface area contributed by atoms with Gasteiger partial charge in [0.15, 0.2) is 5.78 Å². The molecule has 0 aliphatic heterocycles. The van der Waals surface area contributed by atoms with E-state index in [2.05, 4.69) is 53.5 Å². The number of nitrogens with zero attached hydrogens (tertiary/aromatic N) is 2. The summed E-state index contributed by atoms with van der Waals surface area (Å²) >= 11 is 0. The van der Waals surface area contributed by atoms with E-state index < -0.39 is 0 Å². The number of Topliss-reactive ketones (excluding diaryl/α,β-unsaturated/α-hetero) is 1. The third-order valence-electron chi connectivity index (χ3n) is 4.41. The van der Waals surface area contributed by atoms with Crippen LogP contribution in [0.3, 0.4) is 0 Å². The lowest BCUT2D eigenvalue weighted by atomic mass is 10.0. The van der Waals surface area contributed by atoms with Crippen LogP contribution in [0.1, 0.15) is 27.5 Å². The summed E-state index contributed by atoms with van der Waals surface area (Å²) in [6, 6.07) is 16.5. The fraction of sp³-hybridized carbons (Fsp3) is 0.381. The number of anilines is 1. The predicted molar refractivity (Wildman–Crippen MR) is 106 cm³/mol. The van der Waals surface area contributed by atoms with Crippen molar-refractivity contribution in [2.24, 2.45) is 0 Å². The minimum absolute atomic E-state index is 0.125. The van der Waals surface area contributed by atoms with Crippen LogP contribution < -0.4 is 10.2 Å². The summed E-state index contributed by atoms with van der Waals surface area (Å²) in [6.07, 6.45) is 0. The molecule has 0 radical (unpaired) electrons. The van der Waals surface area contributed by atoms with Gasteiger partial charge in [-0.1, -0.05) is 42.0 Å².